The molecule has 0 radical (unpaired) electrons. The zero-order valence-corrected chi connectivity index (χ0v) is 15.8. The number of hydrogen-bond acceptors (Lipinski definition) is 6. The number of ether oxygens (including phenoxy) is 1. The lowest BCUT2D eigenvalue weighted by atomic mass is 10.00. The van der Waals surface area contributed by atoms with Gasteiger partial charge >= 0.3 is 0 Å². The number of likely N-dealkylation sites (tertiary alicyclic amines) is 1. The van der Waals surface area contributed by atoms with E-state index in [1.807, 2.05) is 0 Å². The lowest BCUT2D eigenvalue weighted by molar-refractivity contribution is -0.384. The van der Waals surface area contributed by atoms with E-state index in [9.17, 15) is 14.9 Å². The number of piperidine rings is 1. The van der Waals surface area contributed by atoms with Crippen molar-refractivity contribution >= 4 is 45.6 Å². The van der Waals surface area contributed by atoms with Gasteiger partial charge in [-0.1, -0.05) is 30.9 Å². The fraction of sp³-hybridized carbons (Fsp3) is 0.500. The summed E-state index contributed by atoms with van der Waals surface area (Å²) in [5.74, 6) is 0.928. The topological polar surface area (TPSA) is 84.7 Å². The summed E-state index contributed by atoms with van der Waals surface area (Å²) >= 11 is 6.73. The molecule has 0 saturated carbocycles. The molecular weight excluding hydrogens is 362 g/mol. The summed E-state index contributed by atoms with van der Waals surface area (Å²) in [5, 5.41) is 13.5. The van der Waals surface area contributed by atoms with Crippen LogP contribution in [0.2, 0.25) is 0 Å². The number of amides is 1. The Labute approximate surface area is 156 Å². The van der Waals surface area contributed by atoms with Crippen molar-refractivity contribution < 1.29 is 14.5 Å². The third-order valence-electron chi connectivity index (χ3n) is 4.04. The van der Waals surface area contributed by atoms with E-state index in [-0.39, 0.29) is 23.1 Å². The lowest BCUT2D eigenvalue weighted by Crippen LogP contribution is -2.36. The van der Waals surface area contributed by atoms with Crippen LogP contribution in [0, 0.1) is 16.0 Å². The average Bonchev–Trinajstić information content (AvgIpc) is 2.60. The van der Waals surface area contributed by atoms with E-state index < -0.39 is 4.92 Å². The molecule has 1 aliphatic rings. The number of nitrogens with one attached hydrogen (secondary N) is 1. The Balaban J connectivity index is 1.87. The number of nitro benzene ring substituents is 1. The molecule has 1 aromatic carbocycles. The normalized spacial score (nSPS) is 14.9. The maximum absolute atomic E-state index is 12.1. The summed E-state index contributed by atoms with van der Waals surface area (Å²) in [4.78, 5) is 24.6. The SMILES string of the molecule is COc1cc([N+](=O)[O-])ccc1NC(=O)CSC(=S)N1CCC(C)CC1. The second kappa shape index (κ2) is 9.00. The van der Waals surface area contributed by atoms with Gasteiger partial charge in [0, 0.05) is 19.2 Å². The first-order chi connectivity index (χ1) is 11.9. The fourth-order valence-corrected chi connectivity index (χ4v) is 3.54. The van der Waals surface area contributed by atoms with Crippen molar-refractivity contribution in [2.45, 2.75) is 19.8 Å². The molecule has 1 heterocycles. The summed E-state index contributed by atoms with van der Waals surface area (Å²) in [5.41, 5.74) is 0.307. The van der Waals surface area contributed by atoms with Gasteiger partial charge in [0.05, 0.1) is 29.5 Å². The zero-order valence-electron chi connectivity index (χ0n) is 14.2. The van der Waals surface area contributed by atoms with Crippen molar-refractivity contribution in [1.29, 1.82) is 0 Å². The molecule has 1 N–H and O–H groups in total. The molecule has 1 fully saturated rings. The molecule has 2 rings (SSSR count). The van der Waals surface area contributed by atoms with Crippen LogP contribution >= 0.6 is 24.0 Å². The number of rotatable bonds is 5. The van der Waals surface area contributed by atoms with Crippen LogP contribution in [0.1, 0.15) is 19.8 Å². The van der Waals surface area contributed by atoms with Crippen LogP contribution in [0.5, 0.6) is 5.75 Å². The van der Waals surface area contributed by atoms with Crippen LogP contribution in [0.25, 0.3) is 0 Å². The van der Waals surface area contributed by atoms with Crippen molar-refractivity contribution in [3.05, 3.63) is 28.3 Å². The minimum Gasteiger partial charge on any atom is -0.494 e. The molecule has 0 aliphatic carbocycles. The molecule has 0 bridgehead atoms. The Hall–Kier alpha value is -1.87. The van der Waals surface area contributed by atoms with Gasteiger partial charge in [-0.15, -0.1) is 0 Å². The average molecular weight is 383 g/mol. The molecule has 25 heavy (non-hydrogen) atoms. The van der Waals surface area contributed by atoms with Crippen molar-refractivity contribution in [2.75, 3.05) is 31.3 Å². The molecule has 7 nitrogen and oxygen atoms in total. The first-order valence-electron chi connectivity index (χ1n) is 7.94. The number of nitrogens with zero attached hydrogens (tertiary/aromatic N) is 2. The highest BCUT2D eigenvalue weighted by Gasteiger charge is 2.19. The van der Waals surface area contributed by atoms with Crippen LogP contribution < -0.4 is 10.1 Å². The molecule has 1 saturated heterocycles. The van der Waals surface area contributed by atoms with E-state index in [2.05, 4.69) is 17.1 Å². The number of thiocarbonyl (C=S) groups is 1. The maximum atomic E-state index is 12.1. The Morgan fingerprint density at radius 1 is 1.48 bits per heavy atom. The monoisotopic (exact) mass is 383 g/mol. The number of hydrogen-bond donors (Lipinski definition) is 1. The number of anilines is 1. The summed E-state index contributed by atoms with van der Waals surface area (Å²) in [6.07, 6.45) is 2.24. The molecule has 0 aromatic heterocycles. The molecule has 0 unspecified atom stereocenters. The van der Waals surface area contributed by atoms with E-state index in [0.717, 1.165) is 36.2 Å². The van der Waals surface area contributed by atoms with E-state index in [1.54, 1.807) is 0 Å². The number of methoxy groups -OCH3 is 1. The third-order valence-corrected chi connectivity index (χ3v) is 5.56. The van der Waals surface area contributed by atoms with Crippen LogP contribution in [-0.4, -0.2) is 46.0 Å². The predicted molar refractivity (Wildman–Crippen MR) is 103 cm³/mol. The first kappa shape index (κ1) is 19.5. The number of thioether (sulfide) groups is 1. The molecule has 0 spiro atoms. The van der Waals surface area contributed by atoms with Crippen LogP contribution in [0.3, 0.4) is 0 Å². The zero-order chi connectivity index (χ0) is 18.4. The molecular formula is C16H21N3O4S2. The third kappa shape index (κ3) is 5.57. The molecule has 1 amide bonds. The number of benzene rings is 1. The van der Waals surface area contributed by atoms with Crippen LogP contribution in [0.4, 0.5) is 11.4 Å². The second-order valence-electron chi connectivity index (χ2n) is 5.91. The van der Waals surface area contributed by atoms with Crippen molar-refractivity contribution in [1.82, 2.24) is 4.90 Å². The highest BCUT2D eigenvalue weighted by Crippen LogP contribution is 2.29. The van der Waals surface area contributed by atoms with Crippen LogP contribution in [0.15, 0.2) is 18.2 Å². The standard InChI is InChI=1S/C16H21N3O4S2/c1-11-5-7-18(8-6-11)16(24)25-10-15(20)17-13-4-3-12(19(21)22)9-14(13)23-2/h3-4,9,11H,5-8,10H2,1-2H3,(H,17,20). The maximum Gasteiger partial charge on any atom is 0.273 e. The summed E-state index contributed by atoms with van der Waals surface area (Å²) < 4.78 is 5.84. The minimum atomic E-state index is -0.512. The fourth-order valence-electron chi connectivity index (χ4n) is 2.49. The van der Waals surface area contributed by atoms with Gasteiger partial charge in [-0.2, -0.15) is 0 Å². The van der Waals surface area contributed by atoms with E-state index in [4.69, 9.17) is 17.0 Å². The van der Waals surface area contributed by atoms with Gasteiger partial charge < -0.3 is 15.0 Å². The van der Waals surface area contributed by atoms with E-state index in [1.165, 1.54) is 37.1 Å². The summed E-state index contributed by atoms with van der Waals surface area (Å²) in [7, 11) is 1.40. The van der Waals surface area contributed by atoms with Gasteiger partial charge in [0.25, 0.3) is 5.69 Å². The number of carbonyl (C=O) groups excluding carboxylic acids is 1. The van der Waals surface area contributed by atoms with Crippen molar-refractivity contribution in [3.63, 3.8) is 0 Å². The van der Waals surface area contributed by atoms with Gasteiger partial charge in [0.2, 0.25) is 5.91 Å². The van der Waals surface area contributed by atoms with Gasteiger partial charge in [-0.05, 0) is 24.8 Å². The molecule has 1 aliphatic heterocycles. The van der Waals surface area contributed by atoms with Gasteiger partial charge in [-0.3, -0.25) is 14.9 Å². The smallest absolute Gasteiger partial charge is 0.273 e. The highest BCUT2D eigenvalue weighted by atomic mass is 32.2. The van der Waals surface area contributed by atoms with Gasteiger partial charge in [0.15, 0.2) is 0 Å². The Morgan fingerprint density at radius 3 is 2.76 bits per heavy atom. The predicted octanol–water partition coefficient (Wildman–Crippen LogP) is 3.29. The summed E-state index contributed by atoms with van der Waals surface area (Å²) in [6, 6.07) is 4.07. The second-order valence-corrected chi connectivity index (χ2v) is 7.52. The van der Waals surface area contributed by atoms with Gasteiger partial charge in [-0.25, -0.2) is 0 Å². The van der Waals surface area contributed by atoms with Crippen LogP contribution in [-0.2, 0) is 4.79 Å². The number of carbonyl (C=O) groups is 1. The Morgan fingerprint density at radius 2 is 2.16 bits per heavy atom. The van der Waals surface area contributed by atoms with Crippen molar-refractivity contribution in [3.8, 4) is 5.75 Å². The first-order valence-corrected chi connectivity index (χ1v) is 9.34. The van der Waals surface area contributed by atoms with E-state index in [0.29, 0.717) is 5.69 Å². The minimum absolute atomic E-state index is 0.0928. The number of nitro groups is 1. The molecule has 9 heteroatoms. The quantitative estimate of drug-likeness (QED) is 0.474. The Kier molecular flexibility index (Phi) is 7.01. The number of non-ortho nitro benzene ring substituents is 1. The summed E-state index contributed by atoms with van der Waals surface area (Å²) in [6.45, 7) is 4.11. The molecule has 136 valence electrons. The lowest BCUT2D eigenvalue weighted by Gasteiger charge is -2.31. The van der Waals surface area contributed by atoms with Gasteiger partial charge in [0.1, 0.15) is 10.1 Å². The molecule has 1 aromatic rings. The Bertz CT molecular complexity index is 661. The van der Waals surface area contributed by atoms with Crippen molar-refractivity contribution in [2.24, 2.45) is 5.92 Å². The highest BCUT2D eigenvalue weighted by molar-refractivity contribution is 8.23. The molecule has 0 atom stereocenters. The van der Waals surface area contributed by atoms with E-state index >= 15 is 0 Å². The largest absolute Gasteiger partial charge is 0.494 e.